The number of phenolic OH excluding ortho intramolecular Hbond substituents is 1. The van der Waals surface area contributed by atoms with Gasteiger partial charge in [0.25, 0.3) is 10.1 Å². The number of phenols is 1. The lowest BCUT2D eigenvalue weighted by molar-refractivity contribution is 0.464. The number of rotatable bonds is 6. The van der Waals surface area contributed by atoms with E-state index >= 15 is 0 Å². The van der Waals surface area contributed by atoms with Crippen LogP contribution in [-0.2, 0) is 10.1 Å². The molecule has 0 heterocycles. The van der Waals surface area contributed by atoms with Gasteiger partial charge in [-0.2, -0.15) is 8.42 Å². The van der Waals surface area contributed by atoms with Gasteiger partial charge in [0.15, 0.2) is 0 Å². The van der Waals surface area contributed by atoms with Gasteiger partial charge in [-0.25, -0.2) is 0 Å². The van der Waals surface area contributed by atoms with Crippen molar-refractivity contribution in [3.63, 3.8) is 0 Å². The number of aromatic hydroxyl groups is 1. The van der Waals surface area contributed by atoms with Gasteiger partial charge in [0.1, 0.15) is 10.6 Å². The van der Waals surface area contributed by atoms with E-state index < -0.39 is 10.1 Å². The van der Waals surface area contributed by atoms with Crippen molar-refractivity contribution in [3.8, 4) is 16.9 Å². The Kier molecular flexibility index (Phi) is 6.36. The Bertz CT molecular complexity index is 1350. The van der Waals surface area contributed by atoms with E-state index in [0.717, 1.165) is 5.56 Å². The summed E-state index contributed by atoms with van der Waals surface area (Å²) in [5.74, 6) is -0.0628. The second kappa shape index (κ2) is 9.22. The Hall–Kier alpha value is -3.41. The molecule has 2 N–H and O–H groups in total. The second-order valence-electron chi connectivity index (χ2n) is 8.27. The molecule has 4 aromatic rings. The first-order valence-electron chi connectivity index (χ1n) is 10.8. The van der Waals surface area contributed by atoms with Gasteiger partial charge in [0.2, 0.25) is 0 Å². The topological polar surface area (TPSA) is 74.6 Å². The molecule has 0 radical (unpaired) electrons. The van der Waals surface area contributed by atoms with Crippen LogP contribution in [0.1, 0.15) is 47.9 Å². The van der Waals surface area contributed by atoms with E-state index in [2.05, 4.69) is 31.2 Å². The van der Waals surface area contributed by atoms with E-state index in [1.54, 1.807) is 24.3 Å². The molecule has 0 aromatic heterocycles. The number of hydrogen-bond donors (Lipinski definition) is 2. The van der Waals surface area contributed by atoms with Gasteiger partial charge in [-0.05, 0) is 34.4 Å². The highest BCUT2D eigenvalue weighted by atomic mass is 32.2. The van der Waals surface area contributed by atoms with Crippen molar-refractivity contribution in [2.75, 3.05) is 0 Å². The first-order chi connectivity index (χ1) is 15.8. The SMILES string of the molecule is CC(c1ccccc1)c1ccc(C(C)c2cc(S(=O)(=O)O)c(-c3ccccc3)cc2O)cc1. The Balaban J connectivity index is 1.70. The summed E-state index contributed by atoms with van der Waals surface area (Å²) >= 11 is 0. The Morgan fingerprint density at radius 2 is 1.15 bits per heavy atom. The van der Waals surface area contributed by atoms with E-state index in [9.17, 15) is 18.1 Å². The minimum absolute atomic E-state index is 0.0181. The summed E-state index contributed by atoms with van der Waals surface area (Å²) in [5.41, 5.74) is 4.62. The normalized spacial score (nSPS) is 13.4. The van der Waals surface area contributed by atoms with Crippen LogP contribution < -0.4 is 0 Å². The third-order valence-electron chi connectivity index (χ3n) is 6.19. The summed E-state index contributed by atoms with van der Waals surface area (Å²) in [6.45, 7) is 4.06. The Morgan fingerprint density at radius 3 is 1.70 bits per heavy atom. The molecular weight excluding hydrogens is 432 g/mol. The van der Waals surface area contributed by atoms with Gasteiger partial charge >= 0.3 is 0 Å². The van der Waals surface area contributed by atoms with Crippen LogP contribution >= 0.6 is 0 Å². The fourth-order valence-corrected chi connectivity index (χ4v) is 4.91. The summed E-state index contributed by atoms with van der Waals surface area (Å²) in [6.07, 6.45) is 0. The molecule has 0 saturated heterocycles. The lowest BCUT2D eigenvalue weighted by atomic mass is 9.88. The van der Waals surface area contributed by atoms with E-state index in [4.69, 9.17) is 0 Å². The predicted octanol–water partition coefficient (Wildman–Crippen LogP) is 6.61. The largest absolute Gasteiger partial charge is 0.508 e. The molecule has 0 aliphatic carbocycles. The Labute approximate surface area is 194 Å². The molecule has 4 rings (SSSR count). The summed E-state index contributed by atoms with van der Waals surface area (Å²) in [5, 5.41) is 10.8. The first kappa shape index (κ1) is 22.8. The van der Waals surface area contributed by atoms with Gasteiger partial charge in [0.05, 0.1) is 0 Å². The maximum absolute atomic E-state index is 12.2. The van der Waals surface area contributed by atoms with Crippen molar-refractivity contribution in [1.82, 2.24) is 0 Å². The zero-order chi connectivity index (χ0) is 23.6. The molecule has 0 amide bonds. The standard InChI is InChI=1S/C28H26O4S/c1-19(21-9-5-3-6-10-21)22-13-15-23(16-14-22)20(2)25-18-28(33(30,31)32)26(17-27(25)29)24-11-7-4-8-12-24/h3-20,29H,1-2H3,(H,30,31,32). The van der Waals surface area contributed by atoms with Crippen LogP contribution in [0.15, 0.2) is 102 Å². The van der Waals surface area contributed by atoms with Crippen molar-refractivity contribution in [2.45, 2.75) is 30.6 Å². The number of hydrogen-bond acceptors (Lipinski definition) is 3. The smallest absolute Gasteiger partial charge is 0.295 e. The molecule has 168 valence electrons. The Morgan fingerprint density at radius 1 is 0.667 bits per heavy atom. The molecule has 0 aliphatic rings. The fourth-order valence-electron chi connectivity index (χ4n) is 4.17. The summed E-state index contributed by atoms with van der Waals surface area (Å²) in [4.78, 5) is -0.220. The van der Waals surface area contributed by atoms with E-state index in [-0.39, 0.29) is 28.0 Å². The summed E-state index contributed by atoms with van der Waals surface area (Å²) in [7, 11) is -4.50. The average Bonchev–Trinajstić information content (AvgIpc) is 2.83. The lowest BCUT2D eigenvalue weighted by Crippen LogP contribution is -2.05. The van der Waals surface area contributed by atoms with Crippen LogP contribution in [0, 0.1) is 0 Å². The average molecular weight is 459 g/mol. The molecule has 0 aliphatic heterocycles. The minimum Gasteiger partial charge on any atom is -0.508 e. The van der Waals surface area contributed by atoms with Crippen LogP contribution in [-0.4, -0.2) is 18.1 Å². The quantitative estimate of drug-likeness (QED) is 0.319. The summed E-state index contributed by atoms with van der Waals surface area (Å²) < 4.78 is 34.3. The summed E-state index contributed by atoms with van der Waals surface area (Å²) in [6, 6.07) is 30.0. The van der Waals surface area contributed by atoms with Crippen LogP contribution in [0.2, 0.25) is 0 Å². The molecule has 2 atom stereocenters. The minimum atomic E-state index is -4.50. The molecule has 0 fully saturated rings. The molecule has 0 bridgehead atoms. The van der Waals surface area contributed by atoms with Crippen molar-refractivity contribution in [1.29, 1.82) is 0 Å². The predicted molar refractivity (Wildman–Crippen MR) is 131 cm³/mol. The molecule has 0 spiro atoms. The maximum atomic E-state index is 12.2. The van der Waals surface area contributed by atoms with Gasteiger partial charge in [-0.3, -0.25) is 4.55 Å². The monoisotopic (exact) mass is 458 g/mol. The van der Waals surface area contributed by atoms with Crippen molar-refractivity contribution < 1.29 is 18.1 Å². The van der Waals surface area contributed by atoms with E-state index in [0.29, 0.717) is 11.1 Å². The highest BCUT2D eigenvalue weighted by molar-refractivity contribution is 7.86. The van der Waals surface area contributed by atoms with Gasteiger partial charge in [-0.15, -0.1) is 0 Å². The molecule has 0 saturated carbocycles. The molecule has 33 heavy (non-hydrogen) atoms. The third kappa shape index (κ3) is 4.85. The highest BCUT2D eigenvalue weighted by Gasteiger charge is 2.23. The zero-order valence-electron chi connectivity index (χ0n) is 18.5. The van der Waals surface area contributed by atoms with Gasteiger partial charge in [-0.1, -0.05) is 98.8 Å². The van der Waals surface area contributed by atoms with Gasteiger partial charge < -0.3 is 5.11 Å². The highest BCUT2D eigenvalue weighted by Crippen LogP contribution is 2.39. The fraction of sp³-hybridized carbons (Fsp3) is 0.143. The van der Waals surface area contributed by atoms with E-state index in [1.165, 1.54) is 23.3 Å². The van der Waals surface area contributed by atoms with Gasteiger partial charge in [0, 0.05) is 23.0 Å². The third-order valence-corrected chi connectivity index (χ3v) is 7.09. The first-order valence-corrected chi connectivity index (χ1v) is 12.2. The number of benzene rings is 4. The maximum Gasteiger partial charge on any atom is 0.295 e. The molecule has 4 aromatic carbocycles. The van der Waals surface area contributed by atoms with Crippen molar-refractivity contribution in [2.24, 2.45) is 0 Å². The van der Waals surface area contributed by atoms with Crippen molar-refractivity contribution >= 4 is 10.1 Å². The van der Waals surface area contributed by atoms with Crippen LogP contribution in [0.5, 0.6) is 5.75 Å². The van der Waals surface area contributed by atoms with Crippen molar-refractivity contribution in [3.05, 3.63) is 119 Å². The van der Waals surface area contributed by atoms with Crippen LogP contribution in [0.25, 0.3) is 11.1 Å². The molecule has 4 nitrogen and oxygen atoms in total. The zero-order valence-corrected chi connectivity index (χ0v) is 19.3. The second-order valence-corrected chi connectivity index (χ2v) is 9.66. The molecule has 2 unspecified atom stereocenters. The van der Waals surface area contributed by atoms with Crippen LogP contribution in [0.3, 0.4) is 0 Å². The lowest BCUT2D eigenvalue weighted by Gasteiger charge is -2.19. The molecule has 5 heteroatoms. The van der Waals surface area contributed by atoms with E-state index in [1.807, 2.05) is 43.3 Å². The van der Waals surface area contributed by atoms with Crippen LogP contribution in [0.4, 0.5) is 0 Å². The molecular formula is C28H26O4S.